The van der Waals surface area contributed by atoms with E-state index in [0.717, 1.165) is 10.7 Å². The highest BCUT2D eigenvalue weighted by atomic mass is 32.2. The number of nitrogens with zero attached hydrogens (tertiary/aromatic N) is 1. The molecule has 3 rings (SSSR count). The molecular formula is C15H13NS3. The molecule has 0 aliphatic rings. The zero-order valence-electron chi connectivity index (χ0n) is 10.7. The second-order valence-electron chi connectivity index (χ2n) is 4.23. The largest absolute Gasteiger partial charge is 0.241 e. The summed E-state index contributed by atoms with van der Waals surface area (Å²) in [6.45, 7) is 2.14. The van der Waals surface area contributed by atoms with E-state index in [-0.39, 0.29) is 0 Å². The van der Waals surface area contributed by atoms with Crippen LogP contribution in [0, 0.1) is 6.92 Å². The van der Waals surface area contributed by atoms with Crippen LogP contribution in [0.25, 0.3) is 21.7 Å². The number of hydrogen-bond donors (Lipinski definition) is 0. The summed E-state index contributed by atoms with van der Waals surface area (Å²) in [5.41, 5.74) is 4.88. The maximum atomic E-state index is 4.74. The number of thiophene rings is 2. The van der Waals surface area contributed by atoms with Gasteiger partial charge >= 0.3 is 0 Å². The lowest BCUT2D eigenvalue weighted by atomic mass is 10.1. The topological polar surface area (TPSA) is 12.9 Å². The van der Waals surface area contributed by atoms with E-state index < -0.39 is 0 Å². The van der Waals surface area contributed by atoms with Gasteiger partial charge in [0.25, 0.3) is 0 Å². The predicted octanol–water partition coefficient (Wildman–Crippen LogP) is 5.57. The lowest BCUT2D eigenvalue weighted by Gasteiger charge is -2.06. The van der Waals surface area contributed by atoms with Crippen LogP contribution in [-0.2, 0) is 0 Å². The Labute approximate surface area is 125 Å². The van der Waals surface area contributed by atoms with Crippen molar-refractivity contribution < 1.29 is 0 Å². The summed E-state index contributed by atoms with van der Waals surface area (Å²) in [5.74, 6) is 0. The minimum Gasteiger partial charge on any atom is -0.241 e. The third-order valence-electron chi connectivity index (χ3n) is 2.95. The summed E-state index contributed by atoms with van der Waals surface area (Å²) in [6.07, 6.45) is 2.07. The molecule has 0 atom stereocenters. The number of aromatic nitrogens is 1. The Morgan fingerprint density at radius 2 is 2.11 bits per heavy atom. The lowest BCUT2D eigenvalue weighted by Crippen LogP contribution is -1.88. The summed E-state index contributed by atoms with van der Waals surface area (Å²) in [7, 11) is 0. The Morgan fingerprint density at radius 3 is 2.74 bits per heavy atom. The molecule has 0 aliphatic heterocycles. The molecule has 0 N–H and O–H groups in total. The molecule has 4 heteroatoms. The summed E-state index contributed by atoms with van der Waals surface area (Å²) >= 11 is 5.20. The van der Waals surface area contributed by atoms with Gasteiger partial charge in [-0.3, -0.25) is 0 Å². The van der Waals surface area contributed by atoms with E-state index in [0.29, 0.717) is 0 Å². The van der Waals surface area contributed by atoms with Crippen molar-refractivity contribution in [2.24, 2.45) is 0 Å². The van der Waals surface area contributed by atoms with Crippen molar-refractivity contribution in [1.82, 2.24) is 4.98 Å². The Bertz CT molecular complexity index is 683. The van der Waals surface area contributed by atoms with Crippen LogP contribution >= 0.6 is 34.4 Å². The number of pyridine rings is 1. The van der Waals surface area contributed by atoms with E-state index in [1.54, 1.807) is 34.4 Å². The Kier molecular flexibility index (Phi) is 3.73. The predicted molar refractivity (Wildman–Crippen MR) is 87.4 cm³/mol. The third kappa shape index (κ3) is 2.61. The van der Waals surface area contributed by atoms with Crippen molar-refractivity contribution >= 4 is 34.4 Å². The maximum absolute atomic E-state index is 4.74. The molecule has 0 saturated carbocycles. The molecule has 3 aromatic rings. The van der Waals surface area contributed by atoms with Gasteiger partial charge in [-0.1, -0.05) is 6.07 Å². The Morgan fingerprint density at radius 1 is 1.21 bits per heavy atom. The molecule has 1 nitrogen and oxygen atoms in total. The molecular weight excluding hydrogens is 290 g/mol. The van der Waals surface area contributed by atoms with Gasteiger partial charge in [0, 0.05) is 15.8 Å². The van der Waals surface area contributed by atoms with Crippen LogP contribution in [0.15, 0.2) is 45.4 Å². The first kappa shape index (κ1) is 12.9. The minimum absolute atomic E-state index is 1.08. The van der Waals surface area contributed by atoms with Crippen molar-refractivity contribution in [3.8, 4) is 21.7 Å². The summed E-state index contributed by atoms with van der Waals surface area (Å²) in [6, 6.07) is 8.62. The van der Waals surface area contributed by atoms with Crippen LogP contribution in [0.1, 0.15) is 5.56 Å². The van der Waals surface area contributed by atoms with Crippen LogP contribution in [0.5, 0.6) is 0 Å². The highest BCUT2D eigenvalue weighted by Crippen LogP contribution is 2.33. The quantitative estimate of drug-likeness (QED) is 0.587. The fourth-order valence-electron chi connectivity index (χ4n) is 1.96. The lowest BCUT2D eigenvalue weighted by molar-refractivity contribution is 1.15. The van der Waals surface area contributed by atoms with E-state index in [9.17, 15) is 0 Å². The van der Waals surface area contributed by atoms with Crippen molar-refractivity contribution in [2.75, 3.05) is 6.26 Å². The highest BCUT2D eigenvalue weighted by molar-refractivity contribution is 7.98. The van der Waals surface area contributed by atoms with Gasteiger partial charge in [-0.2, -0.15) is 11.3 Å². The molecule has 0 aromatic carbocycles. The third-order valence-corrected chi connectivity index (χ3v) is 5.36. The minimum atomic E-state index is 1.08. The van der Waals surface area contributed by atoms with Crippen LogP contribution in [0.2, 0.25) is 0 Å². The molecule has 19 heavy (non-hydrogen) atoms. The van der Waals surface area contributed by atoms with Gasteiger partial charge in [0.2, 0.25) is 0 Å². The molecule has 0 radical (unpaired) electrons. The van der Waals surface area contributed by atoms with Crippen LogP contribution in [0.3, 0.4) is 0 Å². The molecule has 0 saturated heterocycles. The number of rotatable bonds is 3. The molecule has 3 heterocycles. The standard InChI is InChI=1S/C15H13NS3/c1-10-8-18-9-12(10)13-6-11(7-15(16-13)17-2)14-4-3-5-19-14/h3-9H,1-2H3. The van der Waals surface area contributed by atoms with Gasteiger partial charge in [0.1, 0.15) is 0 Å². The molecule has 96 valence electrons. The zero-order valence-corrected chi connectivity index (χ0v) is 13.2. The van der Waals surface area contributed by atoms with Crippen molar-refractivity contribution in [3.05, 3.63) is 46.0 Å². The van der Waals surface area contributed by atoms with Gasteiger partial charge in [0.05, 0.1) is 10.7 Å². The number of hydrogen-bond acceptors (Lipinski definition) is 4. The molecule has 0 aliphatic carbocycles. The fourth-order valence-corrected chi connectivity index (χ4v) is 3.95. The average molecular weight is 303 g/mol. The normalized spacial score (nSPS) is 10.8. The first-order valence-electron chi connectivity index (χ1n) is 5.91. The maximum Gasteiger partial charge on any atom is 0.0971 e. The van der Waals surface area contributed by atoms with E-state index >= 15 is 0 Å². The van der Waals surface area contributed by atoms with Gasteiger partial charge < -0.3 is 0 Å². The number of thioether (sulfide) groups is 1. The average Bonchev–Trinajstić information content (AvgIpc) is 3.09. The van der Waals surface area contributed by atoms with E-state index in [1.165, 1.54) is 21.6 Å². The van der Waals surface area contributed by atoms with Crippen LogP contribution in [0.4, 0.5) is 0 Å². The van der Waals surface area contributed by atoms with Gasteiger partial charge in [-0.15, -0.1) is 23.1 Å². The van der Waals surface area contributed by atoms with Gasteiger partial charge in [-0.25, -0.2) is 4.98 Å². The molecule has 0 amide bonds. The van der Waals surface area contributed by atoms with Gasteiger partial charge in [0.15, 0.2) is 0 Å². The van der Waals surface area contributed by atoms with Crippen LogP contribution in [-0.4, -0.2) is 11.2 Å². The highest BCUT2D eigenvalue weighted by Gasteiger charge is 2.09. The summed E-state index contributed by atoms with van der Waals surface area (Å²) in [4.78, 5) is 6.04. The molecule has 0 spiro atoms. The summed E-state index contributed by atoms with van der Waals surface area (Å²) < 4.78 is 0. The van der Waals surface area contributed by atoms with Crippen LogP contribution < -0.4 is 0 Å². The van der Waals surface area contributed by atoms with E-state index in [2.05, 4.69) is 53.6 Å². The van der Waals surface area contributed by atoms with E-state index in [1.807, 2.05) is 0 Å². The number of aryl methyl sites for hydroxylation is 1. The molecule has 3 aromatic heterocycles. The fraction of sp³-hybridized carbons (Fsp3) is 0.133. The zero-order chi connectivity index (χ0) is 13.2. The first-order chi connectivity index (χ1) is 9.28. The molecule has 0 unspecified atom stereocenters. The van der Waals surface area contributed by atoms with E-state index in [4.69, 9.17) is 4.98 Å². The first-order valence-corrected chi connectivity index (χ1v) is 8.96. The SMILES string of the molecule is CSc1cc(-c2cccs2)cc(-c2cscc2C)n1. The van der Waals surface area contributed by atoms with Crippen molar-refractivity contribution in [2.45, 2.75) is 11.9 Å². The monoisotopic (exact) mass is 303 g/mol. The second-order valence-corrected chi connectivity index (χ2v) is 6.75. The second kappa shape index (κ2) is 5.49. The smallest absolute Gasteiger partial charge is 0.0971 e. The van der Waals surface area contributed by atoms with Crippen molar-refractivity contribution in [1.29, 1.82) is 0 Å². The Balaban J connectivity index is 2.16. The Hall–Kier alpha value is -1.10. The van der Waals surface area contributed by atoms with Crippen molar-refractivity contribution in [3.63, 3.8) is 0 Å². The molecule has 0 bridgehead atoms. The van der Waals surface area contributed by atoms with Gasteiger partial charge in [-0.05, 0) is 53.3 Å². The summed E-state index contributed by atoms with van der Waals surface area (Å²) in [5, 5.41) is 7.55. The molecule has 0 fully saturated rings.